The number of carbonyl (C=O) groups excluding carboxylic acids is 1. The predicted octanol–water partition coefficient (Wildman–Crippen LogP) is 1.33. The van der Waals surface area contributed by atoms with Crippen LogP contribution >= 0.6 is 0 Å². The van der Waals surface area contributed by atoms with Gasteiger partial charge in [-0.3, -0.25) is 9.79 Å². The van der Waals surface area contributed by atoms with E-state index in [9.17, 15) is 4.79 Å². The highest BCUT2D eigenvalue weighted by Gasteiger charge is 2.20. The van der Waals surface area contributed by atoms with Crippen molar-refractivity contribution in [3.8, 4) is 0 Å². The lowest BCUT2D eigenvalue weighted by atomic mass is 9.89. The number of hydrogen-bond donors (Lipinski definition) is 3. The third-order valence-corrected chi connectivity index (χ3v) is 5.09. The number of hydrogen-bond acceptors (Lipinski definition) is 3. The molecule has 1 amide bonds. The fraction of sp³-hybridized carbons (Fsp3) is 0.889. The lowest BCUT2D eigenvalue weighted by molar-refractivity contribution is -0.125. The molecule has 138 valence electrons. The summed E-state index contributed by atoms with van der Waals surface area (Å²) in [6, 6.07) is 0. The summed E-state index contributed by atoms with van der Waals surface area (Å²) in [5.74, 6) is 1.28. The number of nitrogens with one attached hydrogen (secondary N) is 3. The van der Waals surface area contributed by atoms with E-state index in [0.717, 1.165) is 31.9 Å². The molecule has 2 aliphatic rings. The molecular weight excluding hydrogens is 302 g/mol. The first-order chi connectivity index (χ1) is 11.8. The lowest BCUT2D eigenvalue weighted by Crippen LogP contribution is -2.45. The fourth-order valence-electron chi connectivity index (χ4n) is 3.61. The van der Waals surface area contributed by atoms with Crippen molar-refractivity contribution in [2.45, 2.75) is 51.4 Å². The van der Waals surface area contributed by atoms with Crippen molar-refractivity contribution in [3.63, 3.8) is 0 Å². The van der Waals surface area contributed by atoms with Gasteiger partial charge in [-0.05, 0) is 38.8 Å². The molecule has 2 fully saturated rings. The molecule has 1 saturated heterocycles. The van der Waals surface area contributed by atoms with Crippen molar-refractivity contribution in [3.05, 3.63) is 0 Å². The minimum Gasteiger partial charge on any atom is -0.355 e. The number of aliphatic imine (C=N–C) groups is 1. The Labute approximate surface area is 146 Å². The SMILES string of the molecule is CN=C(NCCNC(=O)C1CCCCC1)NCCN1CCCCC1. The highest BCUT2D eigenvalue weighted by atomic mass is 16.1. The van der Waals surface area contributed by atoms with E-state index in [1.165, 1.54) is 51.6 Å². The van der Waals surface area contributed by atoms with Crippen molar-refractivity contribution >= 4 is 11.9 Å². The Morgan fingerprint density at radius 2 is 1.54 bits per heavy atom. The maximum Gasteiger partial charge on any atom is 0.223 e. The molecule has 0 aromatic rings. The molecule has 6 nitrogen and oxygen atoms in total. The maximum atomic E-state index is 12.1. The normalized spacial score (nSPS) is 20.6. The Bertz CT molecular complexity index is 387. The predicted molar refractivity (Wildman–Crippen MR) is 99.2 cm³/mol. The van der Waals surface area contributed by atoms with Gasteiger partial charge >= 0.3 is 0 Å². The Hall–Kier alpha value is -1.30. The molecule has 0 aromatic carbocycles. The molecule has 2 rings (SSSR count). The first kappa shape index (κ1) is 19.0. The van der Waals surface area contributed by atoms with Crippen LogP contribution in [0.1, 0.15) is 51.4 Å². The summed E-state index contributed by atoms with van der Waals surface area (Å²) in [4.78, 5) is 18.8. The van der Waals surface area contributed by atoms with Crippen LogP contribution in [-0.2, 0) is 4.79 Å². The van der Waals surface area contributed by atoms with Crippen molar-refractivity contribution in [1.29, 1.82) is 0 Å². The Morgan fingerprint density at radius 3 is 2.25 bits per heavy atom. The molecule has 6 heteroatoms. The van der Waals surface area contributed by atoms with Crippen LogP contribution in [0.2, 0.25) is 0 Å². The van der Waals surface area contributed by atoms with Crippen LogP contribution in [0.15, 0.2) is 4.99 Å². The Balaban J connectivity index is 1.52. The summed E-state index contributed by atoms with van der Waals surface area (Å²) in [5, 5.41) is 9.67. The molecule has 3 N–H and O–H groups in total. The highest BCUT2D eigenvalue weighted by Crippen LogP contribution is 2.23. The first-order valence-corrected chi connectivity index (χ1v) is 9.74. The van der Waals surface area contributed by atoms with Crippen molar-refractivity contribution in [2.24, 2.45) is 10.9 Å². The van der Waals surface area contributed by atoms with Crippen LogP contribution in [-0.4, -0.2) is 63.1 Å². The van der Waals surface area contributed by atoms with E-state index in [4.69, 9.17) is 0 Å². The number of carbonyl (C=O) groups is 1. The van der Waals surface area contributed by atoms with Crippen LogP contribution < -0.4 is 16.0 Å². The van der Waals surface area contributed by atoms with E-state index in [1.807, 2.05) is 0 Å². The Morgan fingerprint density at radius 1 is 0.917 bits per heavy atom. The van der Waals surface area contributed by atoms with Gasteiger partial charge in [0, 0.05) is 39.1 Å². The van der Waals surface area contributed by atoms with Gasteiger partial charge in [-0.2, -0.15) is 0 Å². The summed E-state index contributed by atoms with van der Waals surface area (Å²) in [6.07, 6.45) is 9.82. The quantitative estimate of drug-likeness (QED) is 0.372. The second-order valence-corrected chi connectivity index (χ2v) is 6.95. The zero-order valence-corrected chi connectivity index (χ0v) is 15.3. The van der Waals surface area contributed by atoms with E-state index in [1.54, 1.807) is 7.05 Å². The number of guanidine groups is 1. The summed E-state index contributed by atoms with van der Waals surface area (Å²) >= 11 is 0. The van der Waals surface area contributed by atoms with Gasteiger partial charge in [-0.25, -0.2) is 0 Å². The number of nitrogens with zero attached hydrogens (tertiary/aromatic N) is 2. The molecule has 0 radical (unpaired) electrons. The Kier molecular flexibility index (Phi) is 8.95. The van der Waals surface area contributed by atoms with E-state index in [2.05, 4.69) is 25.8 Å². The molecule has 0 aromatic heterocycles. The van der Waals surface area contributed by atoms with Crippen molar-refractivity contribution in [2.75, 3.05) is 46.3 Å². The molecule has 1 heterocycles. The standard InChI is InChI=1S/C18H35N5O/c1-19-18(22-12-15-23-13-6-3-7-14-23)21-11-10-20-17(24)16-8-4-2-5-9-16/h16H,2-15H2,1H3,(H,20,24)(H2,19,21,22). The van der Waals surface area contributed by atoms with Gasteiger partial charge in [-0.15, -0.1) is 0 Å². The molecule has 0 spiro atoms. The molecule has 1 aliphatic carbocycles. The second kappa shape index (κ2) is 11.3. The number of likely N-dealkylation sites (tertiary alicyclic amines) is 1. The van der Waals surface area contributed by atoms with Crippen LogP contribution in [0.3, 0.4) is 0 Å². The zero-order valence-electron chi connectivity index (χ0n) is 15.3. The summed E-state index contributed by atoms with van der Waals surface area (Å²) in [7, 11) is 1.79. The maximum absolute atomic E-state index is 12.1. The third kappa shape index (κ3) is 7.07. The first-order valence-electron chi connectivity index (χ1n) is 9.74. The number of rotatable bonds is 7. The molecular formula is C18H35N5O. The van der Waals surface area contributed by atoms with E-state index < -0.39 is 0 Å². The monoisotopic (exact) mass is 337 g/mol. The minimum atomic E-state index is 0.226. The van der Waals surface area contributed by atoms with E-state index >= 15 is 0 Å². The van der Waals surface area contributed by atoms with Gasteiger partial charge in [0.05, 0.1) is 0 Å². The fourth-order valence-corrected chi connectivity index (χ4v) is 3.61. The van der Waals surface area contributed by atoms with Crippen LogP contribution in [0.25, 0.3) is 0 Å². The van der Waals surface area contributed by atoms with Crippen molar-refractivity contribution < 1.29 is 4.79 Å². The van der Waals surface area contributed by atoms with Gasteiger partial charge in [0.25, 0.3) is 0 Å². The summed E-state index contributed by atoms with van der Waals surface area (Å²) in [6.45, 7) is 5.79. The molecule has 0 atom stereocenters. The summed E-state index contributed by atoms with van der Waals surface area (Å²) in [5.41, 5.74) is 0. The van der Waals surface area contributed by atoms with Gasteiger partial charge in [0.1, 0.15) is 0 Å². The topological polar surface area (TPSA) is 68.8 Å². The van der Waals surface area contributed by atoms with Crippen LogP contribution in [0.5, 0.6) is 0 Å². The molecule has 0 unspecified atom stereocenters. The molecule has 0 bridgehead atoms. The van der Waals surface area contributed by atoms with Gasteiger partial charge in [-0.1, -0.05) is 25.7 Å². The molecule has 24 heavy (non-hydrogen) atoms. The average molecular weight is 338 g/mol. The summed E-state index contributed by atoms with van der Waals surface area (Å²) < 4.78 is 0. The van der Waals surface area contributed by atoms with Crippen LogP contribution in [0, 0.1) is 5.92 Å². The minimum absolute atomic E-state index is 0.226. The van der Waals surface area contributed by atoms with E-state index in [-0.39, 0.29) is 11.8 Å². The van der Waals surface area contributed by atoms with Gasteiger partial charge in [0.2, 0.25) is 5.91 Å². The average Bonchev–Trinajstić information content (AvgIpc) is 2.65. The number of amides is 1. The number of piperidine rings is 1. The van der Waals surface area contributed by atoms with Gasteiger partial charge < -0.3 is 20.9 Å². The van der Waals surface area contributed by atoms with Gasteiger partial charge in [0.15, 0.2) is 5.96 Å². The smallest absolute Gasteiger partial charge is 0.223 e. The van der Waals surface area contributed by atoms with Crippen molar-refractivity contribution in [1.82, 2.24) is 20.9 Å². The van der Waals surface area contributed by atoms with E-state index in [0.29, 0.717) is 13.1 Å². The largest absolute Gasteiger partial charge is 0.355 e. The third-order valence-electron chi connectivity index (χ3n) is 5.09. The van der Waals surface area contributed by atoms with Crippen LogP contribution in [0.4, 0.5) is 0 Å². The lowest BCUT2D eigenvalue weighted by Gasteiger charge is -2.26. The molecule has 1 saturated carbocycles. The highest BCUT2D eigenvalue weighted by molar-refractivity contribution is 5.80. The molecule has 1 aliphatic heterocycles. The second-order valence-electron chi connectivity index (χ2n) is 6.95. The zero-order chi connectivity index (χ0) is 17.0.